The fourth-order valence-electron chi connectivity index (χ4n) is 2.29. The highest BCUT2D eigenvalue weighted by atomic mass is 16.2. The topological polar surface area (TPSA) is 32.3 Å². The minimum atomic E-state index is 0.147. The lowest BCUT2D eigenvalue weighted by molar-refractivity contribution is 0.197. The third kappa shape index (κ3) is 1.28. The first-order valence-corrected chi connectivity index (χ1v) is 4.82. The molecule has 2 unspecified atom stereocenters. The van der Waals surface area contributed by atoms with E-state index in [1.165, 1.54) is 19.3 Å². The highest BCUT2D eigenvalue weighted by Gasteiger charge is 2.32. The Labute approximate surface area is 73.1 Å². The largest absolute Gasteiger partial charge is 0.336 e. The van der Waals surface area contributed by atoms with Crippen LogP contribution >= 0.6 is 0 Å². The van der Waals surface area contributed by atoms with Crippen molar-refractivity contribution in [1.29, 1.82) is 0 Å². The maximum absolute atomic E-state index is 11.3. The molecule has 68 valence electrons. The molecule has 0 aromatic heterocycles. The van der Waals surface area contributed by atoms with Crippen LogP contribution in [0.25, 0.3) is 0 Å². The van der Waals surface area contributed by atoms with Gasteiger partial charge in [-0.25, -0.2) is 4.79 Å². The van der Waals surface area contributed by atoms with Crippen LogP contribution in [-0.2, 0) is 0 Å². The van der Waals surface area contributed by atoms with Gasteiger partial charge in [-0.15, -0.1) is 0 Å². The molecule has 1 aliphatic heterocycles. The van der Waals surface area contributed by atoms with Crippen molar-refractivity contribution in [3.05, 3.63) is 0 Å². The SMILES string of the molecule is CC1CCC(N2CCNC2=O)C1. The van der Waals surface area contributed by atoms with Gasteiger partial charge in [-0.1, -0.05) is 6.92 Å². The summed E-state index contributed by atoms with van der Waals surface area (Å²) in [6.07, 6.45) is 3.69. The number of carbonyl (C=O) groups excluding carboxylic acids is 1. The number of urea groups is 1. The Bertz CT molecular complexity index is 193. The van der Waals surface area contributed by atoms with E-state index in [2.05, 4.69) is 12.2 Å². The number of rotatable bonds is 1. The molecule has 0 radical (unpaired) electrons. The number of amides is 2. The van der Waals surface area contributed by atoms with Gasteiger partial charge in [0.1, 0.15) is 0 Å². The summed E-state index contributed by atoms with van der Waals surface area (Å²) in [6.45, 7) is 4.02. The summed E-state index contributed by atoms with van der Waals surface area (Å²) in [5.41, 5.74) is 0. The molecule has 0 bridgehead atoms. The minimum Gasteiger partial charge on any atom is -0.336 e. The van der Waals surface area contributed by atoms with Crippen LogP contribution in [0.3, 0.4) is 0 Å². The fourth-order valence-corrected chi connectivity index (χ4v) is 2.29. The minimum absolute atomic E-state index is 0.147. The zero-order valence-electron chi connectivity index (χ0n) is 7.55. The summed E-state index contributed by atoms with van der Waals surface area (Å²) in [7, 11) is 0. The Kier molecular flexibility index (Phi) is 1.95. The zero-order valence-corrected chi connectivity index (χ0v) is 7.55. The van der Waals surface area contributed by atoms with Gasteiger partial charge in [-0.05, 0) is 25.2 Å². The van der Waals surface area contributed by atoms with E-state index >= 15 is 0 Å². The van der Waals surface area contributed by atoms with Gasteiger partial charge in [0.25, 0.3) is 0 Å². The first-order chi connectivity index (χ1) is 5.77. The first kappa shape index (κ1) is 7.90. The monoisotopic (exact) mass is 168 g/mol. The second-order valence-corrected chi connectivity index (χ2v) is 4.00. The highest BCUT2D eigenvalue weighted by molar-refractivity contribution is 5.76. The van der Waals surface area contributed by atoms with Crippen molar-refractivity contribution >= 4 is 6.03 Å². The first-order valence-electron chi connectivity index (χ1n) is 4.82. The van der Waals surface area contributed by atoms with Crippen LogP contribution in [0, 0.1) is 5.92 Å². The summed E-state index contributed by atoms with van der Waals surface area (Å²) in [6, 6.07) is 0.677. The van der Waals surface area contributed by atoms with Crippen LogP contribution in [0.2, 0.25) is 0 Å². The van der Waals surface area contributed by atoms with Crippen LogP contribution in [0.15, 0.2) is 0 Å². The van der Waals surface area contributed by atoms with Crippen molar-refractivity contribution in [1.82, 2.24) is 10.2 Å². The van der Waals surface area contributed by atoms with Gasteiger partial charge in [-0.2, -0.15) is 0 Å². The van der Waals surface area contributed by atoms with Gasteiger partial charge in [0.2, 0.25) is 0 Å². The van der Waals surface area contributed by atoms with Gasteiger partial charge >= 0.3 is 6.03 Å². The van der Waals surface area contributed by atoms with Crippen molar-refractivity contribution in [3.8, 4) is 0 Å². The van der Waals surface area contributed by atoms with Crippen molar-refractivity contribution in [2.75, 3.05) is 13.1 Å². The van der Waals surface area contributed by atoms with Crippen molar-refractivity contribution in [3.63, 3.8) is 0 Å². The van der Waals surface area contributed by atoms with E-state index < -0.39 is 0 Å². The molecule has 1 aliphatic carbocycles. The lowest BCUT2D eigenvalue weighted by atomic mass is 10.1. The molecule has 2 fully saturated rings. The molecule has 2 aliphatic rings. The molecule has 2 rings (SSSR count). The molecule has 0 aromatic carbocycles. The Morgan fingerprint density at radius 2 is 2.33 bits per heavy atom. The molecule has 2 atom stereocenters. The number of carbonyl (C=O) groups is 1. The van der Waals surface area contributed by atoms with Crippen molar-refractivity contribution in [2.24, 2.45) is 5.92 Å². The summed E-state index contributed by atoms with van der Waals surface area (Å²) in [5.74, 6) is 0.809. The van der Waals surface area contributed by atoms with Gasteiger partial charge in [0.15, 0.2) is 0 Å². The summed E-state index contributed by atoms with van der Waals surface area (Å²) in [4.78, 5) is 13.3. The van der Waals surface area contributed by atoms with Gasteiger partial charge < -0.3 is 10.2 Å². The molecule has 0 aromatic rings. The lowest BCUT2D eigenvalue weighted by Gasteiger charge is -2.22. The van der Waals surface area contributed by atoms with E-state index in [1.807, 2.05) is 4.90 Å². The summed E-state index contributed by atoms with van der Waals surface area (Å²) in [5, 5.41) is 2.85. The van der Waals surface area contributed by atoms with E-state index in [4.69, 9.17) is 0 Å². The average Bonchev–Trinajstić information content (AvgIpc) is 2.58. The highest BCUT2D eigenvalue weighted by Crippen LogP contribution is 2.29. The van der Waals surface area contributed by atoms with Crippen LogP contribution < -0.4 is 5.32 Å². The number of hydrogen-bond donors (Lipinski definition) is 1. The van der Waals surface area contributed by atoms with E-state index in [0.717, 1.165) is 19.0 Å². The molecule has 1 saturated heterocycles. The molecule has 3 nitrogen and oxygen atoms in total. The maximum atomic E-state index is 11.3. The standard InChI is InChI=1S/C9H16N2O/c1-7-2-3-8(6-7)11-5-4-10-9(11)12/h7-8H,2-6H2,1H3,(H,10,12). The Morgan fingerprint density at radius 3 is 2.83 bits per heavy atom. The zero-order chi connectivity index (χ0) is 8.55. The second-order valence-electron chi connectivity index (χ2n) is 4.00. The molecule has 1 saturated carbocycles. The molecular formula is C9H16N2O. The average molecular weight is 168 g/mol. The van der Waals surface area contributed by atoms with E-state index in [0.29, 0.717) is 6.04 Å². The second kappa shape index (κ2) is 2.96. The Morgan fingerprint density at radius 1 is 1.50 bits per heavy atom. The number of nitrogens with one attached hydrogen (secondary N) is 1. The van der Waals surface area contributed by atoms with Crippen LogP contribution in [0.4, 0.5) is 4.79 Å². The molecule has 1 N–H and O–H groups in total. The normalized spacial score (nSPS) is 35.8. The van der Waals surface area contributed by atoms with Gasteiger partial charge in [0.05, 0.1) is 0 Å². The molecule has 1 heterocycles. The summed E-state index contributed by atoms with van der Waals surface area (Å²) >= 11 is 0. The fraction of sp³-hybridized carbons (Fsp3) is 0.889. The lowest BCUT2D eigenvalue weighted by Crippen LogP contribution is -2.36. The predicted molar refractivity (Wildman–Crippen MR) is 46.9 cm³/mol. The van der Waals surface area contributed by atoms with Crippen molar-refractivity contribution < 1.29 is 4.79 Å². The predicted octanol–water partition coefficient (Wildman–Crippen LogP) is 1.20. The smallest absolute Gasteiger partial charge is 0.317 e. The molecule has 3 heteroatoms. The molecule has 2 amide bonds. The third-order valence-electron chi connectivity index (χ3n) is 3.00. The van der Waals surface area contributed by atoms with E-state index in [-0.39, 0.29) is 6.03 Å². The molecule has 12 heavy (non-hydrogen) atoms. The van der Waals surface area contributed by atoms with Crippen LogP contribution in [-0.4, -0.2) is 30.1 Å². The number of hydrogen-bond acceptors (Lipinski definition) is 1. The van der Waals surface area contributed by atoms with Crippen molar-refractivity contribution in [2.45, 2.75) is 32.2 Å². The Balaban J connectivity index is 1.96. The maximum Gasteiger partial charge on any atom is 0.317 e. The summed E-state index contributed by atoms with van der Waals surface area (Å²) < 4.78 is 0. The van der Waals surface area contributed by atoms with E-state index in [9.17, 15) is 4.79 Å². The number of nitrogens with zero attached hydrogens (tertiary/aromatic N) is 1. The van der Waals surface area contributed by atoms with Crippen LogP contribution in [0.5, 0.6) is 0 Å². The third-order valence-corrected chi connectivity index (χ3v) is 3.00. The van der Waals surface area contributed by atoms with Gasteiger partial charge in [0, 0.05) is 19.1 Å². The molecular weight excluding hydrogens is 152 g/mol. The van der Waals surface area contributed by atoms with E-state index in [1.54, 1.807) is 0 Å². The molecule has 0 spiro atoms. The van der Waals surface area contributed by atoms with Gasteiger partial charge in [-0.3, -0.25) is 0 Å². The van der Waals surface area contributed by atoms with Crippen LogP contribution in [0.1, 0.15) is 26.2 Å². The quantitative estimate of drug-likeness (QED) is 0.627. The Hall–Kier alpha value is -0.730.